The molecule has 8 nitrogen and oxygen atoms in total. The third-order valence-corrected chi connectivity index (χ3v) is 6.12. The van der Waals surface area contributed by atoms with Crippen molar-refractivity contribution in [2.24, 2.45) is 4.99 Å². The maximum absolute atomic E-state index is 14.9. The van der Waals surface area contributed by atoms with Crippen molar-refractivity contribution in [2.75, 3.05) is 6.54 Å². The first-order valence-corrected chi connectivity index (χ1v) is 11.6. The molecule has 182 valence electrons. The summed E-state index contributed by atoms with van der Waals surface area (Å²) in [5, 5.41) is 22.8. The first-order chi connectivity index (χ1) is 17.4. The Morgan fingerprint density at radius 1 is 1.08 bits per heavy atom. The van der Waals surface area contributed by atoms with Crippen LogP contribution in [-0.4, -0.2) is 33.7 Å². The van der Waals surface area contributed by atoms with Gasteiger partial charge in [0.05, 0.1) is 23.4 Å². The van der Waals surface area contributed by atoms with Gasteiger partial charge in [-0.25, -0.2) is 19.3 Å². The molecular formula is C27H24FN5O3. The fraction of sp³-hybridized carbons (Fsp3) is 0.185. The average molecular weight is 486 g/mol. The maximum atomic E-state index is 14.9. The molecule has 0 saturated heterocycles. The van der Waals surface area contributed by atoms with Crippen LogP contribution in [0, 0.1) is 5.82 Å². The van der Waals surface area contributed by atoms with Crippen LogP contribution < -0.4 is 16.2 Å². The number of halogens is 1. The van der Waals surface area contributed by atoms with Crippen molar-refractivity contribution in [3.05, 3.63) is 93.2 Å². The van der Waals surface area contributed by atoms with E-state index in [1.54, 1.807) is 30.3 Å². The summed E-state index contributed by atoms with van der Waals surface area (Å²) in [6.07, 6.45) is 0.856. The first-order valence-electron chi connectivity index (χ1n) is 11.6. The second kappa shape index (κ2) is 9.71. The van der Waals surface area contributed by atoms with Crippen LogP contribution >= 0.6 is 0 Å². The van der Waals surface area contributed by atoms with Gasteiger partial charge in [0.15, 0.2) is 0 Å². The summed E-state index contributed by atoms with van der Waals surface area (Å²) in [6.45, 7) is 2.20. The molecule has 1 aliphatic rings. The minimum Gasteiger partial charge on any atom is -0.392 e. The van der Waals surface area contributed by atoms with Gasteiger partial charge in [0, 0.05) is 30.3 Å². The number of amides is 2. The molecule has 1 aliphatic heterocycles. The van der Waals surface area contributed by atoms with Gasteiger partial charge in [-0.1, -0.05) is 24.3 Å². The van der Waals surface area contributed by atoms with Crippen molar-refractivity contribution < 1.29 is 14.3 Å². The van der Waals surface area contributed by atoms with Gasteiger partial charge < -0.3 is 10.4 Å². The number of aliphatic hydroxyl groups is 1. The number of urea groups is 1. The summed E-state index contributed by atoms with van der Waals surface area (Å²) in [4.78, 5) is 28.5. The van der Waals surface area contributed by atoms with Gasteiger partial charge in [-0.05, 0) is 59.5 Å². The van der Waals surface area contributed by atoms with Crippen LogP contribution in [0.2, 0.25) is 0 Å². The van der Waals surface area contributed by atoms with E-state index in [-0.39, 0.29) is 24.0 Å². The summed E-state index contributed by atoms with van der Waals surface area (Å²) in [7, 11) is 0. The summed E-state index contributed by atoms with van der Waals surface area (Å²) < 4.78 is 14.9. The average Bonchev–Trinajstić information content (AvgIpc) is 3.28. The van der Waals surface area contributed by atoms with Crippen molar-refractivity contribution in [1.29, 1.82) is 0 Å². The predicted octanol–water partition coefficient (Wildman–Crippen LogP) is 3.72. The zero-order chi connectivity index (χ0) is 25.2. The first kappa shape index (κ1) is 23.4. The lowest BCUT2D eigenvalue weighted by molar-refractivity contribution is 0.245. The highest BCUT2D eigenvalue weighted by Gasteiger charge is 2.18. The smallest absolute Gasteiger partial charge is 0.320 e. The van der Waals surface area contributed by atoms with Crippen LogP contribution in [-0.2, 0) is 19.4 Å². The third kappa shape index (κ3) is 4.60. The molecule has 1 aromatic heterocycles. The fourth-order valence-corrected chi connectivity index (χ4v) is 4.36. The van der Waals surface area contributed by atoms with Crippen molar-refractivity contribution >= 4 is 28.3 Å². The van der Waals surface area contributed by atoms with Crippen LogP contribution in [0.4, 0.5) is 14.9 Å². The van der Waals surface area contributed by atoms with E-state index in [9.17, 15) is 19.1 Å². The molecule has 0 saturated carbocycles. The Morgan fingerprint density at radius 2 is 1.92 bits per heavy atom. The number of benzene rings is 3. The van der Waals surface area contributed by atoms with Crippen molar-refractivity contribution in [3.8, 4) is 11.1 Å². The Balaban J connectivity index is 1.46. The van der Waals surface area contributed by atoms with Crippen LogP contribution in [0.1, 0.15) is 29.3 Å². The number of aliphatic hydroxyl groups excluding tert-OH is 1. The van der Waals surface area contributed by atoms with Crippen molar-refractivity contribution in [3.63, 3.8) is 0 Å². The van der Waals surface area contributed by atoms with Gasteiger partial charge in [0.25, 0.3) is 5.56 Å². The summed E-state index contributed by atoms with van der Waals surface area (Å²) in [6, 6.07) is 15.2. The van der Waals surface area contributed by atoms with Crippen LogP contribution in [0.15, 0.2) is 64.4 Å². The number of fused-ring (bicyclic) bond motifs is 2. The van der Waals surface area contributed by atoms with Crippen LogP contribution in [0.3, 0.4) is 0 Å². The van der Waals surface area contributed by atoms with Crippen molar-refractivity contribution in [2.45, 2.75) is 26.4 Å². The molecular weight excluding hydrogens is 461 g/mol. The van der Waals surface area contributed by atoms with Crippen molar-refractivity contribution in [1.82, 2.24) is 20.8 Å². The third-order valence-electron chi connectivity index (χ3n) is 6.12. The van der Waals surface area contributed by atoms with E-state index in [0.29, 0.717) is 64.1 Å². The molecule has 4 aromatic rings. The number of nitrogens with zero attached hydrogens (tertiary/aromatic N) is 2. The highest BCUT2D eigenvalue weighted by Crippen LogP contribution is 2.33. The minimum atomic E-state index is -0.372. The SMILES string of the molecule is CCNC(=O)NC1=Nc2cc(-c3cc(Cc4n[nH]c(=O)c5ccc(CO)cc45)ccc3F)ccc2C1. The van der Waals surface area contributed by atoms with Crippen LogP contribution in [0.5, 0.6) is 0 Å². The molecule has 3 aromatic carbocycles. The molecule has 4 N–H and O–H groups in total. The number of aliphatic imine (C=N–C) groups is 1. The molecule has 0 fully saturated rings. The summed E-state index contributed by atoms with van der Waals surface area (Å²) >= 11 is 0. The molecule has 2 amide bonds. The summed E-state index contributed by atoms with van der Waals surface area (Å²) in [5.74, 6) is 0.170. The lowest BCUT2D eigenvalue weighted by Crippen LogP contribution is -2.39. The molecule has 0 bridgehead atoms. The number of rotatable bonds is 5. The molecule has 36 heavy (non-hydrogen) atoms. The van der Waals surface area contributed by atoms with Gasteiger partial charge >= 0.3 is 6.03 Å². The van der Waals surface area contributed by atoms with Gasteiger partial charge in [0.2, 0.25) is 0 Å². The standard InChI is InChI=1S/C27H24FN5O3/c1-2-29-27(36)31-25-13-18-6-5-17(12-23(18)30-25)20-9-15(4-8-22(20)28)11-24-21-10-16(14-34)3-7-19(21)26(35)33-32-24/h3-10,12,34H,2,11,13-14H2,1H3,(H,33,35)(H2,29,30,31,36). The van der Waals surface area contributed by atoms with E-state index < -0.39 is 0 Å². The molecule has 2 heterocycles. The van der Waals surface area contributed by atoms with Gasteiger partial charge in [-0.2, -0.15) is 5.10 Å². The normalized spacial score (nSPS) is 12.4. The molecule has 5 rings (SSSR count). The highest BCUT2D eigenvalue weighted by molar-refractivity contribution is 6.02. The molecule has 0 spiro atoms. The highest BCUT2D eigenvalue weighted by atomic mass is 19.1. The van der Waals surface area contributed by atoms with E-state index in [1.807, 2.05) is 25.1 Å². The quantitative estimate of drug-likeness (QED) is 0.344. The second-order valence-corrected chi connectivity index (χ2v) is 8.59. The molecule has 0 radical (unpaired) electrons. The number of aromatic amines is 1. The zero-order valence-electron chi connectivity index (χ0n) is 19.6. The molecule has 0 aliphatic carbocycles. The Bertz CT molecular complexity index is 1580. The maximum Gasteiger partial charge on any atom is 0.320 e. The number of carbonyl (C=O) groups is 1. The number of hydrogen-bond donors (Lipinski definition) is 4. The second-order valence-electron chi connectivity index (χ2n) is 8.59. The number of nitrogens with one attached hydrogen (secondary N) is 3. The van der Waals surface area contributed by atoms with E-state index in [0.717, 1.165) is 11.1 Å². The van der Waals surface area contributed by atoms with E-state index in [4.69, 9.17) is 0 Å². The van der Waals surface area contributed by atoms with Gasteiger partial charge in [-0.3, -0.25) is 10.1 Å². The van der Waals surface area contributed by atoms with E-state index >= 15 is 0 Å². The Hall–Kier alpha value is -4.37. The number of carbonyl (C=O) groups excluding carboxylic acids is 1. The minimum absolute atomic E-state index is 0.149. The monoisotopic (exact) mass is 485 g/mol. The zero-order valence-corrected chi connectivity index (χ0v) is 19.6. The van der Waals surface area contributed by atoms with Gasteiger partial charge in [-0.15, -0.1) is 0 Å². The number of aromatic nitrogens is 2. The molecule has 0 atom stereocenters. The lowest BCUT2D eigenvalue weighted by atomic mass is 9.97. The number of hydrogen-bond acceptors (Lipinski definition) is 5. The number of amidine groups is 1. The lowest BCUT2D eigenvalue weighted by Gasteiger charge is -2.10. The summed E-state index contributed by atoms with van der Waals surface area (Å²) in [5.41, 5.74) is 4.52. The van der Waals surface area contributed by atoms with Gasteiger partial charge in [0.1, 0.15) is 11.7 Å². The van der Waals surface area contributed by atoms with E-state index in [1.165, 1.54) is 6.07 Å². The van der Waals surface area contributed by atoms with Crippen LogP contribution in [0.25, 0.3) is 21.9 Å². The fourth-order valence-electron chi connectivity index (χ4n) is 4.36. The number of H-pyrrole nitrogens is 1. The molecule has 9 heteroatoms. The predicted molar refractivity (Wildman–Crippen MR) is 136 cm³/mol. The Kier molecular flexibility index (Phi) is 6.30. The Morgan fingerprint density at radius 3 is 2.72 bits per heavy atom. The molecule has 0 unspecified atom stereocenters. The Labute approximate surface area is 205 Å². The largest absolute Gasteiger partial charge is 0.392 e. The topological polar surface area (TPSA) is 119 Å². The van der Waals surface area contributed by atoms with E-state index in [2.05, 4.69) is 25.8 Å².